The second kappa shape index (κ2) is 77.9. The first-order valence-corrected chi connectivity index (χ1v) is 45.8. The monoisotopic (exact) mass is 1430 g/mol. The Morgan fingerprint density at radius 1 is 0.333 bits per heavy atom. The molecule has 0 aromatic heterocycles. The second-order valence-corrected chi connectivity index (χ2v) is 32.9. The summed E-state index contributed by atoms with van der Waals surface area (Å²) in [6, 6.07) is 0. The first-order valence-electron chi connectivity index (χ1n) is 43.3. The van der Waals surface area contributed by atoms with Crippen LogP contribution in [-0.4, -0.2) is 167 Å². The molecule has 1 saturated heterocycles. The molecule has 4 N–H and O–H groups in total. The van der Waals surface area contributed by atoms with Crippen molar-refractivity contribution in [2.24, 2.45) is 0 Å². The number of aliphatic hydroxyl groups excluding tert-OH is 4. The predicted molar refractivity (Wildman–Crippen MR) is 439 cm³/mol. The van der Waals surface area contributed by atoms with E-state index in [1.165, 1.54) is 257 Å². The van der Waals surface area contributed by atoms with Crippen LogP contribution in [0.5, 0.6) is 0 Å². The third-order valence-corrected chi connectivity index (χ3v) is 22.8. The Bertz CT molecular complexity index is 1660. The maximum absolute atomic E-state index is 13.0. The number of allylic oxidation sites excluding steroid dienone is 8. The van der Waals surface area contributed by atoms with Gasteiger partial charge in [-0.05, 0) is 154 Å². The molecule has 0 aliphatic carbocycles. The number of esters is 1. The lowest BCUT2D eigenvalue weighted by atomic mass is 10.1. The summed E-state index contributed by atoms with van der Waals surface area (Å²) in [7, 11) is 3.95. The highest BCUT2D eigenvalue weighted by Crippen LogP contribution is 2.24. The van der Waals surface area contributed by atoms with Gasteiger partial charge in [0.1, 0.15) is 6.61 Å². The van der Waals surface area contributed by atoms with E-state index in [-0.39, 0.29) is 18.2 Å². The van der Waals surface area contributed by atoms with E-state index in [0.29, 0.717) is 52.2 Å². The molecule has 1 rings (SSSR count). The molecule has 0 radical (unpaired) electrons. The van der Waals surface area contributed by atoms with Gasteiger partial charge in [-0.3, -0.25) is 24.4 Å². The van der Waals surface area contributed by atoms with Gasteiger partial charge in [0.15, 0.2) is 0 Å². The summed E-state index contributed by atoms with van der Waals surface area (Å²) < 4.78 is 5.79. The minimum Gasteiger partial charge on any atom is -0.464 e. The zero-order chi connectivity index (χ0) is 71.5. The van der Waals surface area contributed by atoms with Gasteiger partial charge in [-0.2, -0.15) is 0 Å². The van der Waals surface area contributed by atoms with Gasteiger partial charge in [0, 0.05) is 83.4 Å². The number of hydrogen-bond acceptors (Lipinski definition) is 12. The summed E-state index contributed by atoms with van der Waals surface area (Å²) >= 11 is 0. The van der Waals surface area contributed by atoms with Crippen molar-refractivity contribution in [3.63, 3.8) is 0 Å². The molecule has 0 aromatic rings. The number of hydrogen-bond donors (Lipinski definition) is 4. The normalized spacial score (nSPS) is 14.8. The molecule has 0 amide bonds. The Balaban J connectivity index is 2.47. The highest BCUT2D eigenvalue weighted by molar-refractivity contribution is 8.76. The Labute approximate surface area is 623 Å². The lowest BCUT2D eigenvalue weighted by Crippen LogP contribution is -2.47. The zero-order valence-electron chi connectivity index (χ0n) is 66.1. The Kier molecular flexibility index (Phi) is 75.4. The molecule has 0 aromatic carbocycles. The van der Waals surface area contributed by atoms with Crippen molar-refractivity contribution in [1.82, 2.24) is 19.6 Å². The van der Waals surface area contributed by atoms with Crippen molar-refractivity contribution in [1.29, 1.82) is 0 Å². The number of carbonyl (C=O) groups is 1. The van der Waals surface area contributed by atoms with E-state index >= 15 is 0 Å². The molecule has 10 nitrogen and oxygen atoms in total. The largest absolute Gasteiger partial charge is 0.464 e. The Morgan fingerprint density at radius 3 is 0.889 bits per heavy atom. The molecule has 1 fully saturated rings. The highest BCUT2D eigenvalue weighted by atomic mass is 33.1. The summed E-state index contributed by atoms with van der Waals surface area (Å²) in [6.45, 7) is 19.4. The average molecular weight is 1430 g/mol. The van der Waals surface area contributed by atoms with E-state index in [0.717, 1.165) is 141 Å². The minimum absolute atomic E-state index is 0.149. The molecule has 584 valence electrons. The maximum Gasteiger partial charge on any atom is 0.305 e. The Morgan fingerprint density at radius 2 is 0.586 bits per heavy atom. The number of unbranched alkanes of at least 4 members (excludes halogenated alkanes) is 40. The number of rotatable bonds is 79. The molecular formula is C87H168N4O6S2. The van der Waals surface area contributed by atoms with Crippen LogP contribution >= 0.6 is 21.6 Å². The lowest BCUT2D eigenvalue weighted by Gasteiger charge is -2.34. The van der Waals surface area contributed by atoms with Crippen LogP contribution in [0.1, 0.15) is 381 Å². The van der Waals surface area contributed by atoms with Crippen LogP contribution in [0.15, 0.2) is 48.6 Å². The third kappa shape index (κ3) is 70.9. The number of piperazine rings is 1. The fourth-order valence-corrected chi connectivity index (χ4v) is 15.9. The van der Waals surface area contributed by atoms with Gasteiger partial charge in [0.05, 0.1) is 24.4 Å². The van der Waals surface area contributed by atoms with E-state index in [1.54, 1.807) is 0 Å². The lowest BCUT2D eigenvalue weighted by molar-refractivity contribution is -0.144. The zero-order valence-corrected chi connectivity index (χ0v) is 67.8. The molecule has 99 heavy (non-hydrogen) atoms. The van der Waals surface area contributed by atoms with Gasteiger partial charge < -0.3 is 25.2 Å². The van der Waals surface area contributed by atoms with Crippen LogP contribution < -0.4 is 0 Å². The van der Waals surface area contributed by atoms with Crippen LogP contribution in [0.2, 0.25) is 0 Å². The SMILES string of the molecule is CCCCCCCC/C=C\CCCCCCC(O)CN(CCCSSCCN1CCN(CCOC(=O)CCCN(CC(O)CCCCCC/C=C\CCCCCCCC)CC(O)CCCCCC/C=C\CCCCCCCC)CC1)CC(O)CCCCCC/C=C\CCCCCCCC. The molecular weight excluding hydrogens is 1260 g/mol. The summed E-state index contributed by atoms with van der Waals surface area (Å²) in [6.07, 6.45) is 83.5. The van der Waals surface area contributed by atoms with Gasteiger partial charge in [0.2, 0.25) is 0 Å². The molecule has 12 heteroatoms. The average Bonchev–Trinajstić information content (AvgIpc) is 2.50. The van der Waals surface area contributed by atoms with Crippen molar-refractivity contribution < 1.29 is 30.0 Å². The third-order valence-electron chi connectivity index (χ3n) is 20.3. The van der Waals surface area contributed by atoms with Crippen LogP contribution in [0.3, 0.4) is 0 Å². The molecule has 0 spiro atoms. The van der Waals surface area contributed by atoms with Gasteiger partial charge in [-0.15, -0.1) is 0 Å². The fraction of sp³-hybridized carbons (Fsp3) is 0.897. The molecule has 1 aliphatic heterocycles. The van der Waals surface area contributed by atoms with E-state index in [2.05, 4.69) is 95.9 Å². The number of ether oxygens (including phenoxy) is 1. The highest BCUT2D eigenvalue weighted by Gasteiger charge is 2.20. The Hall–Kier alpha value is -1.19. The van der Waals surface area contributed by atoms with E-state index in [1.807, 2.05) is 21.6 Å². The smallest absolute Gasteiger partial charge is 0.305 e. The van der Waals surface area contributed by atoms with Crippen LogP contribution in [-0.2, 0) is 9.53 Å². The fourth-order valence-electron chi connectivity index (χ4n) is 13.8. The molecule has 4 atom stereocenters. The molecule has 4 unspecified atom stereocenters. The van der Waals surface area contributed by atoms with Crippen molar-refractivity contribution in [3.05, 3.63) is 48.6 Å². The quantitative estimate of drug-likeness (QED) is 0.0201. The number of nitrogens with zero attached hydrogens (tertiary/aromatic N) is 4. The number of aliphatic hydroxyl groups is 4. The van der Waals surface area contributed by atoms with Gasteiger partial charge in [-0.1, -0.05) is 303 Å². The van der Waals surface area contributed by atoms with Gasteiger partial charge >= 0.3 is 5.97 Å². The maximum atomic E-state index is 13.0. The van der Waals surface area contributed by atoms with Crippen LogP contribution in [0, 0.1) is 0 Å². The summed E-state index contributed by atoms with van der Waals surface area (Å²) in [5, 5.41) is 44.9. The van der Waals surface area contributed by atoms with Crippen molar-refractivity contribution in [2.45, 2.75) is 405 Å². The standard InChI is InChI=1S/C87H168N4O6S2/c1-5-9-13-17-21-25-29-33-37-41-45-49-53-57-63-83(92)79-90(80-84(93)64-58-54-50-46-42-38-34-30-26-22-18-14-10-6-2)68-61-67-87(96)97-76-74-88-70-72-89(73-71-88)75-78-99-98-77-62-69-91(81-85(94)65-59-55-51-47-43-39-35-31-27-23-19-15-11-7-3)82-86(95)66-60-56-52-48-44-40-36-32-28-24-20-16-12-8-4/h33-40,83-86,92-95H,5-32,41-82H2,1-4H3/b37-33-,38-34-,39-35-,40-36-. The summed E-state index contributed by atoms with van der Waals surface area (Å²) in [5.41, 5.74) is 0. The van der Waals surface area contributed by atoms with Crippen molar-refractivity contribution in [3.8, 4) is 0 Å². The van der Waals surface area contributed by atoms with E-state index in [9.17, 15) is 25.2 Å². The van der Waals surface area contributed by atoms with Gasteiger partial charge in [-0.25, -0.2) is 0 Å². The summed E-state index contributed by atoms with van der Waals surface area (Å²) in [5.74, 6) is 2.02. The van der Waals surface area contributed by atoms with E-state index in [4.69, 9.17) is 4.74 Å². The topological polar surface area (TPSA) is 120 Å². The van der Waals surface area contributed by atoms with Crippen molar-refractivity contribution in [2.75, 3.05) is 96.6 Å². The predicted octanol–water partition coefficient (Wildman–Crippen LogP) is 23.3. The van der Waals surface area contributed by atoms with Crippen LogP contribution in [0.25, 0.3) is 0 Å². The first-order chi connectivity index (χ1) is 48.7. The molecule has 1 heterocycles. The molecule has 0 bridgehead atoms. The van der Waals surface area contributed by atoms with Crippen LogP contribution in [0.4, 0.5) is 0 Å². The minimum atomic E-state index is -0.432. The second-order valence-electron chi connectivity index (χ2n) is 30.2. The van der Waals surface area contributed by atoms with Gasteiger partial charge in [0.25, 0.3) is 0 Å². The van der Waals surface area contributed by atoms with E-state index < -0.39 is 12.2 Å². The molecule has 0 saturated carbocycles. The van der Waals surface area contributed by atoms with Crippen molar-refractivity contribution >= 4 is 27.6 Å². The molecule has 1 aliphatic rings. The first kappa shape index (κ1) is 95.8. The summed E-state index contributed by atoms with van der Waals surface area (Å²) in [4.78, 5) is 22.6. The number of carbonyl (C=O) groups excluding carboxylic acids is 1.